The first kappa shape index (κ1) is 16.5. The summed E-state index contributed by atoms with van der Waals surface area (Å²) in [7, 11) is -3.55. The first-order valence-electron chi connectivity index (χ1n) is 6.65. The molecule has 0 unspecified atom stereocenters. The van der Waals surface area contributed by atoms with Crippen LogP contribution in [0, 0.1) is 18.3 Å². The minimum absolute atomic E-state index is 0.174. The monoisotopic (exact) mass is 334 g/mol. The number of benzene rings is 2. The van der Waals surface area contributed by atoms with Crippen LogP contribution in [0.2, 0.25) is 0 Å². The average Bonchev–Trinajstić information content (AvgIpc) is 2.53. The molecule has 0 bridgehead atoms. The maximum Gasteiger partial charge on any atom is 0.240 e. The van der Waals surface area contributed by atoms with Crippen molar-refractivity contribution < 1.29 is 8.42 Å². The molecule has 0 heterocycles. The highest BCUT2D eigenvalue weighted by molar-refractivity contribution is 7.89. The number of rotatable bonds is 5. The summed E-state index contributed by atoms with van der Waals surface area (Å²) in [5.41, 5.74) is 3.17. The number of hydrogen-bond donors (Lipinski definition) is 1. The van der Waals surface area contributed by atoms with Gasteiger partial charge < -0.3 is 0 Å². The fourth-order valence-corrected chi connectivity index (χ4v) is 3.44. The number of nitriles is 1. The molecular formula is C16H15ClN2O2S. The second kappa shape index (κ2) is 6.93. The lowest BCUT2D eigenvalue weighted by atomic mass is 9.96. The van der Waals surface area contributed by atoms with Crippen molar-refractivity contribution in [3.63, 3.8) is 0 Å². The number of alkyl halides is 1. The third-order valence-electron chi connectivity index (χ3n) is 3.23. The lowest BCUT2D eigenvalue weighted by Gasteiger charge is -2.10. The fourth-order valence-electron chi connectivity index (χ4n) is 2.20. The van der Waals surface area contributed by atoms with Crippen LogP contribution in [-0.2, 0) is 10.0 Å². The molecule has 0 atom stereocenters. The van der Waals surface area contributed by atoms with E-state index in [0.717, 1.165) is 16.7 Å². The molecule has 2 aromatic carbocycles. The van der Waals surface area contributed by atoms with Crippen LogP contribution in [0.1, 0.15) is 11.1 Å². The van der Waals surface area contributed by atoms with Crippen molar-refractivity contribution in [2.45, 2.75) is 11.8 Å². The zero-order valence-corrected chi connectivity index (χ0v) is 13.6. The Morgan fingerprint density at radius 1 is 1.18 bits per heavy atom. The highest BCUT2D eigenvalue weighted by atomic mass is 35.5. The van der Waals surface area contributed by atoms with E-state index >= 15 is 0 Å². The second-order valence-corrected chi connectivity index (χ2v) is 6.87. The quantitative estimate of drug-likeness (QED) is 0.854. The van der Waals surface area contributed by atoms with Gasteiger partial charge in [0.25, 0.3) is 0 Å². The molecule has 0 aliphatic carbocycles. The summed E-state index contributed by atoms with van der Waals surface area (Å²) < 4.78 is 26.4. The molecule has 0 amide bonds. The van der Waals surface area contributed by atoms with Crippen LogP contribution in [0.4, 0.5) is 0 Å². The zero-order valence-electron chi connectivity index (χ0n) is 12.0. The molecule has 4 nitrogen and oxygen atoms in total. The third-order valence-corrected chi connectivity index (χ3v) is 4.90. The van der Waals surface area contributed by atoms with E-state index in [0.29, 0.717) is 5.56 Å². The average molecular weight is 335 g/mol. The molecule has 0 spiro atoms. The number of sulfonamides is 1. The van der Waals surface area contributed by atoms with Gasteiger partial charge >= 0.3 is 0 Å². The van der Waals surface area contributed by atoms with Gasteiger partial charge in [0.1, 0.15) is 0 Å². The maximum atomic E-state index is 12.0. The van der Waals surface area contributed by atoms with Crippen LogP contribution in [-0.4, -0.2) is 20.8 Å². The van der Waals surface area contributed by atoms with Crippen molar-refractivity contribution in [2.75, 3.05) is 12.4 Å². The minimum Gasteiger partial charge on any atom is -0.210 e. The van der Waals surface area contributed by atoms with E-state index in [1.807, 2.05) is 19.1 Å². The SMILES string of the molecule is Cc1cccc(C#N)c1-c1ccc(S(=O)(=O)NCCCl)cc1. The molecule has 114 valence electrons. The number of nitrogens with zero attached hydrogens (tertiary/aromatic N) is 1. The maximum absolute atomic E-state index is 12.0. The number of halogens is 1. The first-order valence-corrected chi connectivity index (χ1v) is 8.67. The number of aryl methyl sites for hydroxylation is 1. The standard InChI is InChI=1S/C16H15ClN2O2S/c1-12-3-2-4-14(11-18)16(12)13-5-7-15(8-6-13)22(20,21)19-10-9-17/h2-8,19H,9-10H2,1H3. The topological polar surface area (TPSA) is 70.0 Å². The molecular weight excluding hydrogens is 320 g/mol. The van der Waals surface area contributed by atoms with Crippen molar-refractivity contribution in [3.05, 3.63) is 53.6 Å². The van der Waals surface area contributed by atoms with E-state index in [9.17, 15) is 13.7 Å². The second-order valence-electron chi connectivity index (χ2n) is 4.72. The van der Waals surface area contributed by atoms with Crippen LogP contribution in [0.5, 0.6) is 0 Å². The van der Waals surface area contributed by atoms with Crippen molar-refractivity contribution in [1.29, 1.82) is 5.26 Å². The summed E-state index contributed by atoms with van der Waals surface area (Å²) in [6.45, 7) is 2.10. The Balaban J connectivity index is 2.41. The molecule has 0 saturated heterocycles. The van der Waals surface area contributed by atoms with Crippen LogP contribution in [0.25, 0.3) is 11.1 Å². The summed E-state index contributed by atoms with van der Waals surface area (Å²) in [5.74, 6) is 0.214. The van der Waals surface area contributed by atoms with E-state index in [1.54, 1.807) is 18.2 Å². The molecule has 0 aliphatic rings. The summed E-state index contributed by atoms with van der Waals surface area (Å²) in [6, 6.07) is 14.1. The van der Waals surface area contributed by atoms with Gasteiger partial charge in [-0.1, -0.05) is 24.3 Å². The van der Waals surface area contributed by atoms with Gasteiger partial charge in [0, 0.05) is 18.0 Å². The molecule has 0 radical (unpaired) electrons. The molecule has 22 heavy (non-hydrogen) atoms. The van der Waals surface area contributed by atoms with E-state index < -0.39 is 10.0 Å². The lowest BCUT2D eigenvalue weighted by molar-refractivity contribution is 0.584. The van der Waals surface area contributed by atoms with Gasteiger partial charge in [-0.25, -0.2) is 13.1 Å². The number of nitrogens with one attached hydrogen (secondary N) is 1. The molecule has 2 aromatic rings. The fraction of sp³-hybridized carbons (Fsp3) is 0.188. The van der Waals surface area contributed by atoms with E-state index in [-0.39, 0.29) is 17.3 Å². The lowest BCUT2D eigenvalue weighted by Crippen LogP contribution is -2.25. The zero-order chi connectivity index (χ0) is 16.2. The van der Waals surface area contributed by atoms with E-state index in [4.69, 9.17) is 11.6 Å². The van der Waals surface area contributed by atoms with Gasteiger partial charge in [0.05, 0.1) is 16.5 Å². The van der Waals surface area contributed by atoms with Crippen LogP contribution >= 0.6 is 11.6 Å². The summed E-state index contributed by atoms with van der Waals surface area (Å²) in [6.07, 6.45) is 0. The Bertz CT molecular complexity index is 809. The van der Waals surface area contributed by atoms with Crippen molar-refractivity contribution >= 4 is 21.6 Å². The Labute approximate surface area is 135 Å². The van der Waals surface area contributed by atoms with Crippen LogP contribution in [0.15, 0.2) is 47.4 Å². The van der Waals surface area contributed by atoms with Crippen molar-refractivity contribution in [3.8, 4) is 17.2 Å². The molecule has 1 N–H and O–H groups in total. The predicted molar refractivity (Wildman–Crippen MR) is 87.2 cm³/mol. The Hall–Kier alpha value is -1.87. The predicted octanol–water partition coefficient (Wildman–Crippen LogP) is 3.05. The summed E-state index contributed by atoms with van der Waals surface area (Å²) in [4.78, 5) is 0.174. The minimum atomic E-state index is -3.55. The van der Waals surface area contributed by atoms with Crippen LogP contribution in [0.3, 0.4) is 0 Å². The van der Waals surface area contributed by atoms with Gasteiger partial charge in [-0.2, -0.15) is 5.26 Å². The first-order chi connectivity index (χ1) is 10.5. The van der Waals surface area contributed by atoms with E-state index in [1.165, 1.54) is 12.1 Å². The molecule has 0 saturated carbocycles. The highest BCUT2D eigenvalue weighted by Crippen LogP contribution is 2.28. The smallest absolute Gasteiger partial charge is 0.210 e. The largest absolute Gasteiger partial charge is 0.240 e. The van der Waals surface area contributed by atoms with Gasteiger partial charge in [0.2, 0.25) is 10.0 Å². The third kappa shape index (κ3) is 3.47. The van der Waals surface area contributed by atoms with Gasteiger partial charge in [0.15, 0.2) is 0 Å². The molecule has 0 aliphatic heterocycles. The van der Waals surface area contributed by atoms with Crippen molar-refractivity contribution in [2.24, 2.45) is 0 Å². The normalized spacial score (nSPS) is 11.1. The molecule has 0 fully saturated rings. The van der Waals surface area contributed by atoms with Gasteiger partial charge in [-0.15, -0.1) is 11.6 Å². The number of hydrogen-bond acceptors (Lipinski definition) is 3. The van der Waals surface area contributed by atoms with E-state index in [2.05, 4.69) is 10.8 Å². The van der Waals surface area contributed by atoms with Gasteiger partial charge in [-0.3, -0.25) is 0 Å². The Morgan fingerprint density at radius 3 is 2.45 bits per heavy atom. The molecule has 2 rings (SSSR count). The summed E-state index contributed by atoms with van der Waals surface area (Å²) >= 11 is 5.49. The Kier molecular flexibility index (Phi) is 5.19. The Morgan fingerprint density at radius 2 is 1.86 bits per heavy atom. The molecule has 0 aromatic heterocycles. The van der Waals surface area contributed by atoms with Crippen LogP contribution < -0.4 is 4.72 Å². The van der Waals surface area contributed by atoms with Gasteiger partial charge in [-0.05, 0) is 36.2 Å². The highest BCUT2D eigenvalue weighted by Gasteiger charge is 2.14. The summed E-state index contributed by atoms with van der Waals surface area (Å²) in [5, 5.41) is 9.22. The molecule has 6 heteroatoms. The van der Waals surface area contributed by atoms with Crippen molar-refractivity contribution in [1.82, 2.24) is 4.72 Å².